The topological polar surface area (TPSA) is 74.2 Å². The maximum Gasteiger partial charge on any atom is 0.255 e. The smallest absolute Gasteiger partial charge is 0.255 e. The maximum atomic E-state index is 12.7. The lowest BCUT2D eigenvalue weighted by Gasteiger charge is -2.35. The van der Waals surface area contributed by atoms with Gasteiger partial charge in [-0.3, -0.25) is 4.79 Å². The Labute approximate surface area is 147 Å². The fourth-order valence-electron chi connectivity index (χ4n) is 2.98. The van der Waals surface area contributed by atoms with Gasteiger partial charge in [0.05, 0.1) is 5.56 Å². The number of amides is 1. The zero-order valence-electron chi connectivity index (χ0n) is 14.4. The lowest BCUT2D eigenvalue weighted by Crippen LogP contribution is -2.49. The summed E-state index contributed by atoms with van der Waals surface area (Å²) in [4.78, 5) is 29.7. The van der Waals surface area contributed by atoms with Gasteiger partial charge >= 0.3 is 0 Å². The lowest BCUT2D eigenvalue weighted by molar-refractivity contribution is 0.0746. The first kappa shape index (κ1) is 15.8. The quantitative estimate of drug-likeness (QED) is 0.915. The van der Waals surface area contributed by atoms with Crippen LogP contribution in [-0.2, 0) is 0 Å². The van der Waals surface area contributed by atoms with Crippen LogP contribution in [0.15, 0.2) is 30.6 Å². The Balaban J connectivity index is 1.35. The molecule has 25 heavy (non-hydrogen) atoms. The van der Waals surface area contributed by atoms with Crippen LogP contribution in [0.5, 0.6) is 0 Å². The van der Waals surface area contributed by atoms with Crippen LogP contribution in [0.2, 0.25) is 0 Å². The number of hydrogen-bond donors (Lipinski definition) is 1. The molecule has 7 nitrogen and oxygen atoms in total. The van der Waals surface area contributed by atoms with E-state index in [9.17, 15) is 4.79 Å². The van der Waals surface area contributed by atoms with Crippen molar-refractivity contribution in [1.82, 2.24) is 19.9 Å². The molecule has 2 aromatic rings. The van der Waals surface area contributed by atoms with Crippen molar-refractivity contribution >= 4 is 17.5 Å². The molecule has 7 heteroatoms. The van der Waals surface area contributed by atoms with Crippen molar-refractivity contribution in [1.29, 1.82) is 0 Å². The second-order valence-electron chi connectivity index (χ2n) is 6.59. The van der Waals surface area contributed by atoms with Gasteiger partial charge in [-0.05, 0) is 38.0 Å². The van der Waals surface area contributed by atoms with E-state index in [-0.39, 0.29) is 5.91 Å². The normalized spacial score (nSPS) is 17.5. The van der Waals surface area contributed by atoms with Gasteiger partial charge in [0.1, 0.15) is 17.5 Å². The summed E-state index contributed by atoms with van der Waals surface area (Å²) in [6.07, 6.45) is 5.86. The molecule has 130 valence electrons. The van der Waals surface area contributed by atoms with E-state index in [1.165, 1.54) is 12.8 Å². The predicted octanol–water partition coefficient (Wildman–Crippen LogP) is 1.72. The highest BCUT2D eigenvalue weighted by molar-refractivity contribution is 5.94. The summed E-state index contributed by atoms with van der Waals surface area (Å²) in [5.74, 6) is 2.59. The van der Waals surface area contributed by atoms with E-state index >= 15 is 0 Å². The fraction of sp³-hybridized carbons (Fsp3) is 0.444. The van der Waals surface area contributed by atoms with Crippen LogP contribution >= 0.6 is 0 Å². The zero-order valence-corrected chi connectivity index (χ0v) is 14.4. The molecule has 1 amide bonds. The number of pyridine rings is 1. The van der Waals surface area contributed by atoms with Crippen LogP contribution in [0, 0.1) is 6.92 Å². The number of piperazine rings is 1. The number of nitrogens with one attached hydrogen (secondary N) is 1. The van der Waals surface area contributed by atoms with Crippen LogP contribution in [-0.4, -0.2) is 58.0 Å². The van der Waals surface area contributed by atoms with Gasteiger partial charge in [-0.15, -0.1) is 0 Å². The van der Waals surface area contributed by atoms with Gasteiger partial charge in [-0.1, -0.05) is 0 Å². The van der Waals surface area contributed by atoms with Crippen molar-refractivity contribution in [2.75, 3.05) is 36.4 Å². The van der Waals surface area contributed by atoms with E-state index < -0.39 is 0 Å². The van der Waals surface area contributed by atoms with E-state index in [0.29, 0.717) is 24.7 Å². The third-order valence-corrected chi connectivity index (χ3v) is 4.59. The summed E-state index contributed by atoms with van der Waals surface area (Å²) in [6.45, 7) is 4.81. The monoisotopic (exact) mass is 338 g/mol. The van der Waals surface area contributed by atoms with Crippen LogP contribution < -0.4 is 10.2 Å². The maximum absolute atomic E-state index is 12.7. The second kappa shape index (κ2) is 6.66. The number of rotatable bonds is 4. The number of carbonyl (C=O) groups is 1. The van der Waals surface area contributed by atoms with Gasteiger partial charge in [0.2, 0.25) is 0 Å². The molecule has 1 N–H and O–H groups in total. The highest BCUT2D eigenvalue weighted by Crippen LogP contribution is 2.23. The van der Waals surface area contributed by atoms with Crippen molar-refractivity contribution in [2.45, 2.75) is 25.8 Å². The first-order valence-electron chi connectivity index (χ1n) is 8.75. The Morgan fingerprint density at radius 3 is 2.56 bits per heavy atom. The van der Waals surface area contributed by atoms with Gasteiger partial charge < -0.3 is 15.1 Å². The highest BCUT2D eigenvalue weighted by Gasteiger charge is 2.24. The molecule has 2 aliphatic rings. The van der Waals surface area contributed by atoms with Crippen LogP contribution in [0.1, 0.15) is 29.0 Å². The third-order valence-electron chi connectivity index (χ3n) is 4.59. The average Bonchev–Trinajstić information content (AvgIpc) is 3.46. The minimum atomic E-state index is 0.0454. The second-order valence-corrected chi connectivity index (χ2v) is 6.59. The molecule has 2 fully saturated rings. The van der Waals surface area contributed by atoms with Gasteiger partial charge in [0.15, 0.2) is 0 Å². The molecular weight excluding hydrogens is 316 g/mol. The van der Waals surface area contributed by atoms with Gasteiger partial charge in [0, 0.05) is 44.6 Å². The number of anilines is 2. The van der Waals surface area contributed by atoms with E-state index in [4.69, 9.17) is 0 Å². The molecule has 1 saturated heterocycles. The molecule has 2 aromatic heterocycles. The summed E-state index contributed by atoms with van der Waals surface area (Å²) < 4.78 is 0. The zero-order chi connectivity index (χ0) is 17.2. The highest BCUT2D eigenvalue weighted by atomic mass is 16.2. The molecule has 1 saturated carbocycles. The molecular formula is C18H22N6O. The summed E-state index contributed by atoms with van der Waals surface area (Å²) in [5.41, 5.74) is 0.646. The number of aromatic nitrogens is 3. The lowest BCUT2D eigenvalue weighted by atomic mass is 10.2. The van der Waals surface area contributed by atoms with Crippen molar-refractivity contribution in [3.8, 4) is 0 Å². The summed E-state index contributed by atoms with van der Waals surface area (Å²) >= 11 is 0. The van der Waals surface area contributed by atoms with E-state index in [0.717, 1.165) is 30.5 Å². The van der Waals surface area contributed by atoms with Crippen LogP contribution in [0.25, 0.3) is 0 Å². The minimum Gasteiger partial charge on any atom is -0.367 e. The first-order valence-corrected chi connectivity index (χ1v) is 8.75. The van der Waals surface area contributed by atoms with Crippen molar-refractivity contribution in [3.63, 3.8) is 0 Å². The summed E-state index contributed by atoms with van der Waals surface area (Å²) in [5, 5.41) is 3.34. The molecule has 0 unspecified atom stereocenters. The molecule has 3 heterocycles. The molecule has 1 aliphatic carbocycles. The van der Waals surface area contributed by atoms with E-state index in [1.807, 2.05) is 30.0 Å². The first-order chi connectivity index (χ1) is 12.2. The van der Waals surface area contributed by atoms with Crippen molar-refractivity contribution in [3.05, 3.63) is 42.0 Å². The Morgan fingerprint density at radius 2 is 1.92 bits per heavy atom. The largest absolute Gasteiger partial charge is 0.367 e. The molecule has 0 radical (unpaired) electrons. The van der Waals surface area contributed by atoms with E-state index in [2.05, 4.69) is 25.2 Å². The van der Waals surface area contributed by atoms with Crippen LogP contribution in [0.3, 0.4) is 0 Å². The average molecular weight is 338 g/mol. The molecule has 1 aliphatic heterocycles. The van der Waals surface area contributed by atoms with Gasteiger partial charge in [0.25, 0.3) is 5.91 Å². The molecule has 0 atom stereocenters. The molecule has 0 bridgehead atoms. The van der Waals surface area contributed by atoms with Crippen molar-refractivity contribution in [2.24, 2.45) is 0 Å². The molecule has 0 spiro atoms. The summed E-state index contributed by atoms with van der Waals surface area (Å²) in [7, 11) is 0. The Bertz CT molecular complexity index is 750. The van der Waals surface area contributed by atoms with E-state index in [1.54, 1.807) is 12.4 Å². The summed E-state index contributed by atoms with van der Waals surface area (Å²) in [6, 6.07) is 6.23. The standard InChI is InChI=1S/C18H22N6O/c1-13-19-7-6-17(21-13)23-8-10-24(11-9-23)18(25)14-2-5-16(20-12-14)22-15-3-4-15/h2,5-7,12,15H,3-4,8-11H2,1H3,(H,20,22). The number of nitrogens with zero attached hydrogens (tertiary/aromatic N) is 5. The fourth-order valence-corrected chi connectivity index (χ4v) is 2.98. The Hall–Kier alpha value is -2.70. The SMILES string of the molecule is Cc1nccc(N2CCN(C(=O)c3ccc(NC4CC4)nc3)CC2)n1. The van der Waals surface area contributed by atoms with Gasteiger partial charge in [-0.2, -0.15) is 0 Å². The molecule has 4 rings (SSSR count). The van der Waals surface area contributed by atoms with Gasteiger partial charge in [-0.25, -0.2) is 15.0 Å². The third kappa shape index (κ3) is 3.70. The van der Waals surface area contributed by atoms with Crippen LogP contribution in [0.4, 0.5) is 11.6 Å². The minimum absolute atomic E-state index is 0.0454. The van der Waals surface area contributed by atoms with Crippen molar-refractivity contribution < 1.29 is 4.79 Å². The molecule has 0 aromatic carbocycles. The Morgan fingerprint density at radius 1 is 1.12 bits per heavy atom. The Kier molecular flexibility index (Phi) is 4.21. The predicted molar refractivity (Wildman–Crippen MR) is 95.8 cm³/mol. The number of hydrogen-bond acceptors (Lipinski definition) is 6. The number of aryl methyl sites for hydroxylation is 1. The number of carbonyl (C=O) groups excluding carboxylic acids is 1.